The third-order valence-corrected chi connectivity index (χ3v) is 2.82. The SMILES string of the molecule is CCN(CC(=O)c1cccc(F)c1)CC(=O)N(C)C. The van der Waals surface area contributed by atoms with Crippen LogP contribution < -0.4 is 0 Å². The number of amides is 1. The Kier molecular flexibility index (Phi) is 5.63. The number of hydrogen-bond acceptors (Lipinski definition) is 3. The molecular weight excluding hydrogens is 247 g/mol. The van der Waals surface area contributed by atoms with Crippen LogP contribution in [0.4, 0.5) is 4.39 Å². The molecule has 1 aromatic rings. The number of benzene rings is 1. The van der Waals surface area contributed by atoms with Crippen LogP contribution in [0.5, 0.6) is 0 Å². The molecule has 0 radical (unpaired) electrons. The van der Waals surface area contributed by atoms with Gasteiger partial charge in [0.1, 0.15) is 5.82 Å². The molecular formula is C14H19FN2O2. The average molecular weight is 266 g/mol. The molecule has 0 saturated heterocycles. The van der Waals surface area contributed by atoms with Crippen molar-refractivity contribution in [2.24, 2.45) is 0 Å². The van der Waals surface area contributed by atoms with E-state index in [-0.39, 0.29) is 24.8 Å². The molecule has 4 nitrogen and oxygen atoms in total. The quantitative estimate of drug-likeness (QED) is 0.731. The van der Waals surface area contributed by atoms with E-state index in [1.54, 1.807) is 25.1 Å². The molecule has 0 saturated carbocycles. The number of rotatable bonds is 6. The largest absolute Gasteiger partial charge is 0.348 e. The molecule has 0 unspecified atom stereocenters. The van der Waals surface area contributed by atoms with E-state index in [0.717, 1.165) is 0 Å². The summed E-state index contributed by atoms with van der Waals surface area (Å²) in [5, 5.41) is 0. The highest BCUT2D eigenvalue weighted by Gasteiger charge is 2.15. The molecule has 0 bridgehead atoms. The lowest BCUT2D eigenvalue weighted by molar-refractivity contribution is -0.129. The van der Waals surface area contributed by atoms with Crippen molar-refractivity contribution < 1.29 is 14.0 Å². The van der Waals surface area contributed by atoms with Crippen LogP contribution >= 0.6 is 0 Å². The number of ketones is 1. The first-order valence-corrected chi connectivity index (χ1v) is 6.15. The highest BCUT2D eigenvalue weighted by molar-refractivity contribution is 5.97. The summed E-state index contributed by atoms with van der Waals surface area (Å²) in [5.74, 6) is -0.680. The molecule has 0 spiro atoms. The highest BCUT2D eigenvalue weighted by atomic mass is 19.1. The molecule has 0 aliphatic heterocycles. The summed E-state index contributed by atoms with van der Waals surface area (Å²) in [5.41, 5.74) is 0.329. The standard InChI is InChI=1S/C14H19FN2O2/c1-4-17(10-14(19)16(2)3)9-13(18)11-6-5-7-12(15)8-11/h5-8H,4,9-10H2,1-3H3. The van der Waals surface area contributed by atoms with Crippen molar-refractivity contribution in [1.29, 1.82) is 0 Å². The molecule has 0 atom stereocenters. The Morgan fingerprint density at radius 3 is 2.42 bits per heavy atom. The molecule has 0 fully saturated rings. The third kappa shape index (κ3) is 4.79. The minimum absolute atomic E-state index is 0.0612. The first-order chi connectivity index (χ1) is 8.93. The predicted molar refractivity (Wildman–Crippen MR) is 71.5 cm³/mol. The number of carbonyl (C=O) groups excluding carboxylic acids is 2. The normalized spacial score (nSPS) is 10.6. The van der Waals surface area contributed by atoms with Crippen molar-refractivity contribution in [2.75, 3.05) is 33.7 Å². The molecule has 0 heterocycles. The van der Waals surface area contributed by atoms with Crippen molar-refractivity contribution >= 4 is 11.7 Å². The van der Waals surface area contributed by atoms with Gasteiger partial charge in [-0.1, -0.05) is 19.1 Å². The Morgan fingerprint density at radius 2 is 1.89 bits per heavy atom. The number of Topliss-reactive ketones (excluding diaryl/α,β-unsaturated/α-hetero) is 1. The Balaban J connectivity index is 2.66. The summed E-state index contributed by atoms with van der Waals surface area (Å²) in [4.78, 5) is 26.8. The van der Waals surface area contributed by atoms with Gasteiger partial charge >= 0.3 is 0 Å². The highest BCUT2D eigenvalue weighted by Crippen LogP contribution is 2.05. The van der Waals surface area contributed by atoms with E-state index in [0.29, 0.717) is 12.1 Å². The number of hydrogen-bond donors (Lipinski definition) is 0. The summed E-state index contributed by atoms with van der Waals surface area (Å²) >= 11 is 0. The lowest BCUT2D eigenvalue weighted by atomic mass is 10.1. The van der Waals surface area contributed by atoms with Crippen molar-refractivity contribution in [3.8, 4) is 0 Å². The van der Waals surface area contributed by atoms with Crippen molar-refractivity contribution in [1.82, 2.24) is 9.80 Å². The number of carbonyl (C=O) groups is 2. The maximum Gasteiger partial charge on any atom is 0.236 e. The molecule has 1 aromatic carbocycles. The van der Waals surface area contributed by atoms with E-state index in [4.69, 9.17) is 0 Å². The molecule has 0 aromatic heterocycles. The second kappa shape index (κ2) is 6.99. The first-order valence-electron chi connectivity index (χ1n) is 6.15. The maximum atomic E-state index is 13.0. The van der Waals surface area contributed by atoms with Crippen molar-refractivity contribution in [3.63, 3.8) is 0 Å². The van der Waals surface area contributed by atoms with E-state index in [1.165, 1.54) is 23.1 Å². The number of likely N-dealkylation sites (N-methyl/N-ethyl adjacent to an activating group) is 2. The van der Waals surface area contributed by atoms with Crippen molar-refractivity contribution in [3.05, 3.63) is 35.6 Å². The Bertz CT molecular complexity index is 461. The molecule has 5 heteroatoms. The number of nitrogens with zero attached hydrogens (tertiary/aromatic N) is 2. The van der Waals surface area contributed by atoms with Crippen LogP contribution in [0.2, 0.25) is 0 Å². The zero-order valence-electron chi connectivity index (χ0n) is 11.5. The fourth-order valence-electron chi connectivity index (χ4n) is 1.57. The first kappa shape index (κ1) is 15.3. The fraction of sp³-hybridized carbons (Fsp3) is 0.429. The van der Waals surface area contributed by atoms with E-state index in [2.05, 4.69) is 0 Å². The summed E-state index contributed by atoms with van der Waals surface area (Å²) in [6, 6.07) is 5.59. The zero-order valence-corrected chi connectivity index (χ0v) is 11.5. The smallest absolute Gasteiger partial charge is 0.236 e. The third-order valence-electron chi connectivity index (χ3n) is 2.82. The van der Waals surface area contributed by atoms with Crippen LogP contribution in [-0.4, -0.2) is 55.2 Å². The van der Waals surface area contributed by atoms with E-state index in [1.807, 2.05) is 6.92 Å². The molecule has 19 heavy (non-hydrogen) atoms. The van der Waals surface area contributed by atoms with Gasteiger partial charge in [0.2, 0.25) is 5.91 Å². The monoisotopic (exact) mass is 266 g/mol. The van der Waals surface area contributed by atoms with Gasteiger partial charge in [0.05, 0.1) is 13.1 Å². The molecule has 0 aliphatic rings. The molecule has 0 N–H and O–H groups in total. The van der Waals surface area contributed by atoms with Gasteiger partial charge in [-0.25, -0.2) is 4.39 Å². The zero-order chi connectivity index (χ0) is 14.4. The van der Waals surface area contributed by atoms with Crippen LogP contribution in [0, 0.1) is 5.82 Å². The average Bonchev–Trinajstić information content (AvgIpc) is 2.37. The van der Waals surface area contributed by atoms with Gasteiger partial charge in [0, 0.05) is 19.7 Å². The minimum atomic E-state index is -0.432. The van der Waals surface area contributed by atoms with Gasteiger partial charge in [-0.15, -0.1) is 0 Å². The summed E-state index contributed by atoms with van der Waals surface area (Å²) in [6.45, 7) is 2.76. The van der Waals surface area contributed by atoms with E-state index >= 15 is 0 Å². The molecule has 104 valence electrons. The van der Waals surface area contributed by atoms with Gasteiger partial charge in [-0.3, -0.25) is 14.5 Å². The van der Waals surface area contributed by atoms with Gasteiger partial charge < -0.3 is 4.90 Å². The van der Waals surface area contributed by atoms with Crippen LogP contribution in [0.15, 0.2) is 24.3 Å². The topological polar surface area (TPSA) is 40.6 Å². The lowest BCUT2D eigenvalue weighted by Crippen LogP contribution is -2.39. The summed E-state index contributed by atoms with van der Waals surface area (Å²) in [6.07, 6.45) is 0. The summed E-state index contributed by atoms with van der Waals surface area (Å²) < 4.78 is 13.0. The van der Waals surface area contributed by atoms with E-state index in [9.17, 15) is 14.0 Å². The Hall–Kier alpha value is -1.75. The fourth-order valence-corrected chi connectivity index (χ4v) is 1.57. The second-order valence-electron chi connectivity index (χ2n) is 4.52. The second-order valence-corrected chi connectivity index (χ2v) is 4.52. The van der Waals surface area contributed by atoms with Crippen LogP contribution in [-0.2, 0) is 4.79 Å². The lowest BCUT2D eigenvalue weighted by Gasteiger charge is -2.21. The number of halogens is 1. The minimum Gasteiger partial charge on any atom is -0.348 e. The molecule has 0 aliphatic carbocycles. The van der Waals surface area contributed by atoms with Gasteiger partial charge in [0.15, 0.2) is 5.78 Å². The van der Waals surface area contributed by atoms with Crippen LogP contribution in [0.3, 0.4) is 0 Å². The predicted octanol–water partition coefficient (Wildman–Crippen LogP) is 1.42. The van der Waals surface area contributed by atoms with Gasteiger partial charge in [0.25, 0.3) is 0 Å². The maximum absolute atomic E-state index is 13.0. The van der Waals surface area contributed by atoms with Crippen LogP contribution in [0.1, 0.15) is 17.3 Å². The molecule has 1 rings (SSSR count). The van der Waals surface area contributed by atoms with Gasteiger partial charge in [-0.2, -0.15) is 0 Å². The van der Waals surface area contributed by atoms with Crippen LogP contribution in [0.25, 0.3) is 0 Å². The summed E-state index contributed by atoms with van der Waals surface area (Å²) in [7, 11) is 3.34. The molecule has 1 amide bonds. The Labute approximate surface area is 112 Å². The van der Waals surface area contributed by atoms with Gasteiger partial charge in [-0.05, 0) is 18.7 Å². The van der Waals surface area contributed by atoms with Crippen molar-refractivity contribution in [2.45, 2.75) is 6.92 Å². The Morgan fingerprint density at radius 1 is 1.21 bits per heavy atom. The van der Waals surface area contributed by atoms with E-state index < -0.39 is 5.82 Å².